The van der Waals surface area contributed by atoms with Crippen LogP contribution in [0, 0.1) is 11.8 Å². The van der Waals surface area contributed by atoms with Crippen molar-refractivity contribution in [2.45, 2.75) is 25.6 Å². The summed E-state index contributed by atoms with van der Waals surface area (Å²) >= 11 is 0. The van der Waals surface area contributed by atoms with Gasteiger partial charge in [0.1, 0.15) is 0 Å². The summed E-state index contributed by atoms with van der Waals surface area (Å²) in [7, 11) is 0. The smallest absolute Gasteiger partial charge is 0.322 e. The highest BCUT2D eigenvalue weighted by atomic mass is 19.4. The van der Waals surface area contributed by atoms with Crippen molar-refractivity contribution >= 4 is 0 Å². The van der Waals surface area contributed by atoms with Crippen LogP contribution in [0.25, 0.3) is 0 Å². The highest BCUT2D eigenvalue weighted by Crippen LogP contribution is 2.28. The molecule has 16 heavy (non-hydrogen) atoms. The zero-order valence-corrected chi connectivity index (χ0v) is 8.67. The first-order valence-corrected chi connectivity index (χ1v) is 4.63. The fourth-order valence-corrected chi connectivity index (χ4v) is 1.11. The molecule has 1 atom stereocenters. The van der Waals surface area contributed by atoms with Gasteiger partial charge in [-0.25, -0.2) is 0 Å². The van der Waals surface area contributed by atoms with E-state index in [1.165, 1.54) is 6.07 Å². The van der Waals surface area contributed by atoms with Crippen molar-refractivity contribution in [1.82, 2.24) is 4.98 Å². The number of rotatable bonds is 2. The number of nitrogens with zero attached hydrogens (tertiary/aromatic N) is 1. The van der Waals surface area contributed by atoms with E-state index in [1.807, 2.05) is 0 Å². The van der Waals surface area contributed by atoms with E-state index in [4.69, 9.17) is 5.73 Å². The third kappa shape index (κ3) is 3.24. The van der Waals surface area contributed by atoms with Crippen LogP contribution in [0.4, 0.5) is 13.2 Å². The summed E-state index contributed by atoms with van der Waals surface area (Å²) in [4.78, 5) is 3.69. The molecule has 5 heteroatoms. The van der Waals surface area contributed by atoms with Gasteiger partial charge in [0.2, 0.25) is 0 Å². The molecule has 0 spiro atoms. The van der Waals surface area contributed by atoms with E-state index in [1.54, 1.807) is 6.92 Å². The fraction of sp³-hybridized carbons (Fsp3) is 0.364. The molecule has 0 amide bonds. The molecule has 0 bridgehead atoms. The summed E-state index contributed by atoms with van der Waals surface area (Å²) in [6.07, 6.45) is -3.19. The van der Waals surface area contributed by atoms with Crippen molar-refractivity contribution in [3.05, 3.63) is 29.6 Å². The normalized spacial score (nSPS) is 12.8. The molecule has 0 aliphatic heterocycles. The minimum atomic E-state index is -4.36. The molecular formula is C11H11F3N2. The Morgan fingerprint density at radius 3 is 2.56 bits per heavy atom. The number of alkyl halides is 3. The van der Waals surface area contributed by atoms with Gasteiger partial charge in [0.25, 0.3) is 0 Å². The van der Waals surface area contributed by atoms with Crippen molar-refractivity contribution < 1.29 is 13.2 Å². The van der Waals surface area contributed by atoms with E-state index in [9.17, 15) is 13.2 Å². The Balaban J connectivity index is 2.81. The van der Waals surface area contributed by atoms with Gasteiger partial charge in [-0.15, -0.1) is 11.8 Å². The van der Waals surface area contributed by atoms with E-state index < -0.39 is 17.8 Å². The molecule has 2 N–H and O–H groups in total. The Labute approximate surface area is 91.7 Å². The van der Waals surface area contributed by atoms with Crippen molar-refractivity contribution in [2.24, 2.45) is 5.73 Å². The van der Waals surface area contributed by atoms with E-state index in [0.29, 0.717) is 12.1 Å². The lowest BCUT2D eigenvalue weighted by molar-refractivity contribution is -0.137. The number of aromatic nitrogens is 1. The van der Waals surface area contributed by atoms with Crippen LogP contribution in [0.3, 0.4) is 0 Å². The molecule has 86 valence electrons. The predicted molar refractivity (Wildman–Crippen MR) is 54.2 cm³/mol. The molecule has 0 saturated heterocycles. The third-order valence-electron chi connectivity index (χ3n) is 1.99. The predicted octanol–water partition coefficient (Wildman–Crippen LogP) is 2.51. The first kappa shape index (κ1) is 12.5. The maximum atomic E-state index is 12.2. The zero-order valence-electron chi connectivity index (χ0n) is 8.67. The molecule has 1 rings (SSSR count). The lowest BCUT2D eigenvalue weighted by Gasteiger charge is -2.09. The summed E-state index contributed by atoms with van der Waals surface area (Å²) in [5.74, 6) is 5.42. The van der Waals surface area contributed by atoms with Crippen LogP contribution in [0.2, 0.25) is 0 Å². The molecule has 0 aliphatic rings. The summed E-state index contributed by atoms with van der Waals surface area (Å²) in [5, 5.41) is 0. The molecule has 0 saturated carbocycles. The van der Waals surface area contributed by atoms with Crippen molar-refractivity contribution in [3.8, 4) is 11.8 Å². The fourth-order valence-electron chi connectivity index (χ4n) is 1.11. The van der Waals surface area contributed by atoms with Gasteiger partial charge >= 0.3 is 6.18 Å². The maximum absolute atomic E-state index is 12.2. The second-order valence-electron chi connectivity index (χ2n) is 3.21. The van der Waals surface area contributed by atoms with Crippen LogP contribution in [-0.4, -0.2) is 4.98 Å². The molecule has 0 aromatic carbocycles. The van der Waals surface area contributed by atoms with Crippen LogP contribution < -0.4 is 5.73 Å². The summed E-state index contributed by atoms with van der Waals surface area (Å²) in [5.41, 5.74) is 5.33. The topological polar surface area (TPSA) is 38.9 Å². The third-order valence-corrected chi connectivity index (χ3v) is 1.99. The SMILES string of the molecule is CC#CCC(N)c1ccc(C(F)(F)F)cn1. The highest BCUT2D eigenvalue weighted by Gasteiger charge is 2.30. The minimum absolute atomic E-state index is 0.384. The first-order valence-electron chi connectivity index (χ1n) is 4.63. The molecule has 2 nitrogen and oxygen atoms in total. The molecule has 0 aliphatic carbocycles. The van der Waals surface area contributed by atoms with Crippen molar-refractivity contribution in [2.75, 3.05) is 0 Å². The summed E-state index contributed by atoms with van der Waals surface area (Å²) in [6.45, 7) is 1.67. The molecule has 0 fully saturated rings. The molecule has 1 heterocycles. The van der Waals surface area contributed by atoms with Crippen molar-refractivity contribution in [3.63, 3.8) is 0 Å². The molecule has 1 aromatic heterocycles. The number of nitrogens with two attached hydrogens (primary N) is 1. The highest BCUT2D eigenvalue weighted by molar-refractivity contribution is 5.19. The van der Waals surface area contributed by atoms with E-state index in [0.717, 1.165) is 12.3 Å². The molecule has 1 unspecified atom stereocenters. The molecule has 0 radical (unpaired) electrons. The monoisotopic (exact) mass is 228 g/mol. The number of hydrogen-bond acceptors (Lipinski definition) is 2. The van der Waals surface area contributed by atoms with Gasteiger partial charge in [0, 0.05) is 12.6 Å². The number of pyridine rings is 1. The van der Waals surface area contributed by atoms with Gasteiger partial charge in [-0.1, -0.05) is 0 Å². The van der Waals surface area contributed by atoms with Gasteiger partial charge in [0.05, 0.1) is 17.3 Å². The minimum Gasteiger partial charge on any atom is -0.322 e. The lowest BCUT2D eigenvalue weighted by Crippen LogP contribution is -2.13. The number of halogens is 3. The lowest BCUT2D eigenvalue weighted by atomic mass is 10.1. The Morgan fingerprint density at radius 2 is 2.12 bits per heavy atom. The number of hydrogen-bond donors (Lipinski definition) is 1. The Morgan fingerprint density at radius 1 is 1.44 bits per heavy atom. The second-order valence-corrected chi connectivity index (χ2v) is 3.21. The van der Waals surface area contributed by atoms with Crippen LogP contribution in [0.5, 0.6) is 0 Å². The largest absolute Gasteiger partial charge is 0.417 e. The van der Waals surface area contributed by atoms with Crippen LogP contribution in [0.1, 0.15) is 30.6 Å². The standard InChI is InChI=1S/C11H11F3N2/c1-2-3-4-9(15)10-6-5-8(7-16-10)11(12,13)14/h5-7,9H,4,15H2,1H3. The molecule has 1 aromatic rings. The van der Waals surface area contributed by atoms with Crippen LogP contribution in [0.15, 0.2) is 18.3 Å². The maximum Gasteiger partial charge on any atom is 0.417 e. The Kier molecular flexibility index (Phi) is 3.91. The first-order chi connectivity index (χ1) is 7.45. The van der Waals surface area contributed by atoms with E-state index in [2.05, 4.69) is 16.8 Å². The van der Waals surface area contributed by atoms with Gasteiger partial charge < -0.3 is 5.73 Å². The van der Waals surface area contributed by atoms with Crippen LogP contribution in [-0.2, 0) is 6.18 Å². The van der Waals surface area contributed by atoms with Gasteiger partial charge in [0.15, 0.2) is 0 Å². The van der Waals surface area contributed by atoms with E-state index in [-0.39, 0.29) is 0 Å². The van der Waals surface area contributed by atoms with E-state index >= 15 is 0 Å². The average Bonchev–Trinajstić information content (AvgIpc) is 2.25. The van der Waals surface area contributed by atoms with Gasteiger partial charge in [-0.05, 0) is 19.1 Å². The van der Waals surface area contributed by atoms with Crippen LogP contribution >= 0.6 is 0 Å². The summed E-state index contributed by atoms with van der Waals surface area (Å²) in [6, 6.07) is 1.81. The van der Waals surface area contributed by atoms with Gasteiger partial charge in [-0.3, -0.25) is 4.98 Å². The summed E-state index contributed by atoms with van der Waals surface area (Å²) < 4.78 is 36.7. The quantitative estimate of drug-likeness (QED) is 0.790. The second kappa shape index (κ2) is 4.99. The average molecular weight is 228 g/mol. The van der Waals surface area contributed by atoms with Gasteiger partial charge in [-0.2, -0.15) is 13.2 Å². The molecular weight excluding hydrogens is 217 g/mol. The Hall–Kier alpha value is -1.54. The Bertz CT molecular complexity index is 398. The van der Waals surface area contributed by atoms with Crippen molar-refractivity contribution in [1.29, 1.82) is 0 Å². The zero-order chi connectivity index (χ0) is 12.2.